The Hall–Kier alpha value is -2.57. The van der Waals surface area contributed by atoms with Gasteiger partial charge in [0.25, 0.3) is 0 Å². The second-order valence-corrected chi connectivity index (χ2v) is 6.35. The van der Waals surface area contributed by atoms with Crippen LogP contribution in [0.2, 0.25) is 0 Å². The van der Waals surface area contributed by atoms with Gasteiger partial charge in [-0.1, -0.05) is 30.3 Å². The summed E-state index contributed by atoms with van der Waals surface area (Å²) in [5.41, 5.74) is 0.827. The monoisotopic (exact) mass is 329 g/mol. The summed E-state index contributed by atoms with van der Waals surface area (Å²) >= 11 is 0. The van der Waals surface area contributed by atoms with E-state index < -0.39 is 0 Å². The van der Waals surface area contributed by atoms with Gasteiger partial charge in [0.1, 0.15) is 0 Å². The first-order chi connectivity index (χ1) is 11.6. The summed E-state index contributed by atoms with van der Waals surface area (Å²) < 4.78 is 3.22. The topological polar surface area (TPSA) is 81.0 Å². The lowest BCUT2D eigenvalue weighted by Gasteiger charge is -2.09. The van der Waals surface area contributed by atoms with Crippen molar-refractivity contribution in [2.24, 2.45) is 0 Å². The summed E-state index contributed by atoms with van der Waals surface area (Å²) in [5.74, 6) is 0.703. The van der Waals surface area contributed by atoms with E-state index in [-0.39, 0.29) is 23.8 Å². The minimum atomic E-state index is -0.233. The lowest BCUT2D eigenvalue weighted by Crippen LogP contribution is -2.41. The highest BCUT2D eigenvalue weighted by Gasteiger charge is 2.30. The number of carbonyl (C=O) groups excluding carboxylic acids is 1. The lowest BCUT2D eigenvalue weighted by molar-refractivity contribution is 0.238. The van der Waals surface area contributed by atoms with Crippen LogP contribution in [0.1, 0.15) is 32.7 Å². The van der Waals surface area contributed by atoms with E-state index in [1.807, 2.05) is 44.2 Å². The van der Waals surface area contributed by atoms with Gasteiger partial charge in [-0.15, -0.1) is 5.10 Å². The van der Waals surface area contributed by atoms with E-state index >= 15 is 0 Å². The number of urea groups is 1. The molecule has 0 spiro atoms. The lowest BCUT2D eigenvalue weighted by atomic mass is 10.2. The average Bonchev–Trinajstić information content (AvgIpc) is 3.32. The molecule has 1 heterocycles. The molecule has 1 aromatic heterocycles. The van der Waals surface area contributed by atoms with Crippen molar-refractivity contribution >= 4 is 6.03 Å². The quantitative estimate of drug-likeness (QED) is 0.847. The smallest absolute Gasteiger partial charge is 0.336 e. The van der Waals surface area contributed by atoms with Crippen LogP contribution in [0.3, 0.4) is 0 Å². The van der Waals surface area contributed by atoms with E-state index in [4.69, 9.17) is 0 Å². The predicted octanol–water partition coefficient (Wildman–Crippen LogP) is 1.75. The van der Waals surface area contributed by atoms with Crippen LogP contribution in [0.4, 0.5) is 4.79 Å². The van der Waals surface area contributed by atoms with Crippen molar-refractivity contribution in [3.8, 4) is 11.4 Å². The molecule has 2 N–H and O–H groups in total. The zero-order chi connectivity index (χ0) is 17.1. The zero-order valence-corrected chi connectivity index (χ0v) is 14.0. The van der Waals surface area contributed by atoms with Gasteiger partial charge in [-0.2, -0.15) is 0 Å². The molecule has 0 radical (unpaired) electrons. The van der Waals surface area contributed by atoms with Crippen molar-refractivity contribution in [1.29, 1.82) is 0 Å². The molecule has 2 aromatic rings. The molecule has 24 heavy (non-hydrogen) atoms. The number of benzene rings is 1. The third-order valence-electron chi connectivity index (χ3n) is 3.84. The Bertz CT molecular complexity index is 759. The van der Waals surface area contributed by atoms with Gasteiger partial charge in [0.05, 0.1) is 6.54 Å². The Kier molecular flexibility index (Phi) is 4.69. The Morgan fingerprint density at radius 1 is 1.29 bits per heavy atom. The fraction of sp³-hybridized carbons (Fsp3) is 0.471. The molecular formula is C17H23N5O2. The number of amides is 2. The first-order valence-corrected chi connectivity index (χ1v) is 8.35. The molecule has 1 fully saturated rings. The second kappa shape index (κ2) is 6.90. The number of nitrogens with one attached hydrogen (secondary N) is 2. The summed E-state index contributed by atoms with van der Waals surface area (Å²) in [7, 11) is 0. The van der Waals surface area contributed by atoms with Crippen LogP contribution in [-0.4, -0.2) is 33.0 Å². The molecular weight excluding hydrogens is 306 g/mol. The Balaban J connectivity index is 1.75. The molecule has 0 atom stereocenters. The fourth-order valence-corrected chi connectivity index (χ4v) is 2.60. The summed E-state index contributed by atoms with van der Waals surface area (Å²) in [6, 6.07) is 9.82. The normalized spacial score (nSPS) is 14.0. The van der Waals surface area contributed by atoms with Crippen LogP contribution < -0.4 is 16.3 Å². The van der Waals surface area contributed by atoms with Crippen LogP contribution in [-0.2, 0) is 6.54 Å². The van der Waals surface area contributed by atoms with Crippen LogP contribution in [0.5, 0.6) is 0 Å². The van der Waals surface area contributed by atoms with E-state index in [0.717, 1.165) is 18.4 Å². The molecule has 7 heteroatoms. The van der Waals surface area contributed by atoms with Crippen LogP contribution in [0.15, 0.2) is 35.1 Å². The molecule has 1 aromatic carbocycles. The molecule has 0 bridgehead atoms. The first-order valence-electron chi connectivity index (χ1n) is 8.35. The van der Waals surface area contributed by atoms with Gasteiger partial charge in [0.15, 0.2) is 5.82 Å². The molecule has 3 rings (SSSR count). The molecule has 0 unspecified atom stereocenters. The summed E-state index contributed by atoms with van der Waals surface area (Å²) in [4.78, 5) is 24.2. The van der Waals surface area contributed by atoms with Gasteiger partial charge in [0, 0.05) is 24.2 Å². The molecule has 7 nitrogen and oxygen atoms in total. The number of hydrogen-bond acceptors (Lipinski definition) is 3. The van der Waals surface area contributed by atoms with Crippen molar-refractivity contribution < 1.29 is 4.79 Å². The summed E-state index contributed by atoms with van der Waals surface area (Å²) in [6.07, 6.45) is 2.03. The van der Waals surface area contributed by atoms with Crippen LogP contribution in [0.25, 0.3) is 11.4 Å². The third-order valence-corrected chi connectivity index (χ3v) is 3.84. The second-order valence-electron chi connectivity index (χ2n) is 6.35. The van der Waals surface area contributed by atoms with E-state index in [2.05, 4.69) is 15.7 Å². The van der Waals surface area contributed by atoms with E-state index in [1.54, 1.807) is 4.57 Å². The van der Waals surface area contributed by atoms with Crippen molar-refractivity contribution in [3.05, 3.63) is 40.8 Å². The summed E-state index contributed by atoms with van der Waals surface area (Å²) in [5, 5.41) is 9.99. The average molecular weight is 329 g/mol. The van der Waals surface area contributed by atoms with Crippen molar-refractivity contribution in [1.82, 2.24) is 25.0 Å². The predicted molar refractivity (Wildman–Crippen MR) is 91.9 cm³/mol. The number of carbonyl (C=O) groups is 1. The molecule has 1 aliphatic rings. The largest absolute Gasteiger partial charge is 0.346 e. The highest BCUT2D eigenvalue weighted by molar-refractivity contribution is 5.73. The zero-order valence-electron chi connectivity index (χ0n) is 14.0. The SMILES string of the molecule is CC(C)NC(=O)NCCn1nc(-c2ccccc2)n(C2CC2)c1=O. The molecule has 2 amide bonds. The highest BCUT2D eigenvalue weighted by Crippen LogP contribution is 2.36. The maximum atomic E-state index is 12.6. The van der Waals surface area contributed by atoms with Gasteiger partial charge < -0.3 is 10.6 Å². The maximum absolute atomic E-state index is 12.6. The van der Waals surface area contributed by atoms with E-state index in [0.29, 0.717) is 18.9 Å². The number of hydrogen-bond donors (Lipinski definition) is 2. The molecule has 0 aliphatic heterocycles. The third kappa shape index (κ3) is 3.67. The van der Waals surface area contributed by atoms with Crippen molar-refractivity contribution in [2.45, 2.75) is 45.3 Å². The highest BCUT2D eigenvalue weighted by atomic mass is 16.2. The van der Waals surface area contributed by atoms with Gasteiger partial charge in [-0.25, -0.2) is 14.3 Å². The van der Waals surface area contributed by atoms with Gasteiger partial charge in [-0.3, -0.25) is 4.57 Å². The minimum Gasteiger partial charge on any atom is -0.336 e. The minimum absolute atomic E-state index is 0.0754. The number of rotatable bonds is 6. The van der Waals surface area contributed by atoms with Gasteiger partial charge in [0.2, 0.25) is 0 Å². The first kappa shape index (κ1) is 16.3. The Labute approximate surface area is 140 Å². The molecule has 128 valence electrons. The Morgan fingerprint density at radius 2 is 2.00 bits per heavy atom. The van der Waals surface area contributed by atoms with Crippen molar-refractivity contribution in [3.63, 3.8) is 0 Å². The molecule has 0 saturated heterocycles. The van der Waals surface area contributed by atoms with Crippen LogP contribution >= 0.6 is 0 Å². The van der Waals surface area contributed by atoms with Gasteiger partial charge in [-0.05, 0) is 26.7 Å². The fourth-order valence-electron chi connectivity index (χ4n) is 2.60. The maximum Gasteiger partial charge on any atom is 0.346 e. The van der Waals surface area contributed by atoms with E-state index in [9.17, 15) is 9.59 Å². The van der Waals surface area contributed by atoms with Crippen LogP contribution in [0, 0.1) is 0 Å². The summed E-state index contributed by atoms with van der Waals surface area (Å²) in [6.45, 7) is 4.50. The van der Waals surface area contributed by atoms with E-state index in [1.165, 1.54) is 4.68 Å². The molecule has 1 saturated carbocycles. The number of nitrogens with zero attached hydrogens (tertiary/aromatic N) is 3. The van der Waals surface area contributed by atoms with Gasteiger partial charge >= 0.3 is 11.7 Å². The Morgan fingerprint density at radius 3 is 2.62 bits per heavy atom. The standard InChI is InChI=1S/C17H23N5O2/c1-12(2)19-16(23)18-10-11-21-17(24)22(14-8-9-14)15(20-21)13-6-4-3-5-7-13/h3-7,12,14H,8-11H2,1-2H3,(H2,18,19,23). The molecule has 1 aliphatic carbocycles. The number of aromatic nitrogens is 3. The van der Waals surface area contributed by atoms with Crippen molar-refractivity contribution in [2.75, 3.05) is 6.54 Å².